The summed E-state index contributed by atoms with van der Waals surface area (Å²) < 4.78 is 13.2. The topological polar surface area (TPSA) is 95.1 Å². The summed E-state index contributed by atoms with van der Waals surface area (Å²) in [5.41, 5.74) is -0.739. The molecule has 0 aliphatic rings. The maximum Gasteiger partial charge on any atom is 0.346 e. The van der Waals surface area contributed by atoms with Crippen molar-refractivity contribution < 1.29 is 14.3 Å². The van der Waals surface area contributed by atoms with Gasteiger partial charge in [-0.2, -0.15) is 4.98 Å². The summed E-state index contributed by atoms with van der Waals surface area (Å²) >= 11 is 0. The monoisotopic (exact) mass is 229 g/mol. The highest BCUT2D eigenvalue weighted by Gasteiger charge is 2.22. The summed E-state index contributed by atoms with van der Waals surface area (Å²) in [6.45, 7) is 3.34. The van der Waals surface area contributed by atoms with Crippen molar-refractivity contribution in [3.63, 3.8) is 0 Å². The summed E-state index contributed by atoms with van der Waals surface area (Å²) in [5.74, 6) is -2.44. The molecule has 1 aromatic heterocycles. The van der Waals surface area contributed by atoms with Gasteiger partial charge in [-0.05, 0) is 5.92 Å². The molecular weight excluding hydrogens is 217 g/mol. The number of carboxylic acids is 1. The fraction of sp³-hybridized carbons (Fsp3) is 0.444. The highest BCUT2D eigenvalue weighted by Crippen LogP contribution is 2.12. The molecule has 0 amide bonds. The van der Waals surface area contributed by atoms with Crippen molar-refractivity contribution in [3.05, 3.63) is 22.5 Å². The summed E-state index contributed by atoms with van der Waals surface area (Å²) in [7, 11) is 0. The van der Waals surface area contributed by atoms with E-state index in [9.17, 15) is 14.0 Å². The van der Waals surface area contributed by atoms with E-state index in [4.69, 9.17) is 5.11 Å². The Labute approximate surface area is 90.5 Å². The van der Waals surface area contributed by atoms with Gasteiger partial charge < -0.3 is 10.4 Å². The van der Waals surface area contributed by atoms with Crippen molar-refractivity contribution in [2.75, 3.05) is 5.32 Å². The van der Waals surface area contributed by atoms with Crippen LogP contribution in [0.15, 0.2) is 11.0 Å². The van der Waals surface area contributed by atoms with Crippen LogP contribution in [-0.2, 0) is 4.79 Å². The van der Waals surface area contributed by atoms with E-state index >= 15 is 0 Å². The van der Waals surface area contributed by atoms with Crippen LogP contribution in [0.1, 0.15) is 13.8 Å². The first-order valence-corrected chi connectivity index (χ1v) is 4.66. The molecule has 7 heteroatoms. The van der Waals surface area contributed by atoms with E-state index in [1.165, 1.54) is 0 Å². The number of aromatic amines is 1. The van der Waals surface area contributed by atoms with Crippen LogP contribution in [0.4, 0.5) is 10.2 Å². The second-order valence-corrected chi connectivity index (χ2v) is 3.62. The third-order valence-electron chi connectivity index (χ3n) is 2.00. The summed E-state index contributed by atoms with van der Waals surface area (Å²) in [5, 5.41) is 11.3. The number of anilines is 1. The smallest absolute Gasteiger partial charge is 0.346 e. The number of aromatic nitrogens is 2. The van der Waals surface area contributed by atoms with Gasteiger partial charge in [0.05, 0.1) is 6.20 Å². The highest BCUT2D eigenvalue weighted by atomic mass is 19.1. The van der Waals surface area contributed by atoms with Gasteiger partial charge in [0.15, 0.2) is 5.82 Å². The lowest BCUT2D eigenvalue weighted by atomic mass is 10.1. The number of nitrogens with one attached hydrogen (secondary N) is 2. The molecule has 0 unspecified atom stereocenters. The van der Waals surface area contributed by atoms with Gasteiger partial charge in [-0.25, -0.2) is 14.0 Å². The predicted molar refractivity (Wildman–Crippen MR) is 54.7 cm³/mol. The zero-order chi connectivity index (χ0) is 12.3. The number of aliphatic carboxylic acids is 1. The molecule has 3 N–H and O–H groups in total. The maximum atomic E-state index is 13.2. The standard InChI is InChI=1S/C9H12FN3O3/c1-4(2)6(8(14)15)12-7-5(10)3-11-9(16)13-7/h3-4,6H,1-2H3,(H,14,15)(H2,11,12,13,16)/t6-/m1/s1. The molecule has 0 bridgehead atoms. The quantitative estimate of drug-likeness (QED) is 0.695. The number of halogens is 1. The minimum atomic E-state index is -1.12. The van der Waals surface area contributed by atoms with Gasteiger partial charge in [0, 0.05) is 0 Å². The van der Waals surface area contributed by atoms with Gasteiger partial charge in [0.25, 0.3) is 0 Å². The summed E-state index contributed by atoms with van der Waals surface area (Å²) in [4.78, 5) is 27.0. The highest BCUT2D eigenvalue weighted by molar-refractivity contribution is 5.77. The van der Waals surface area contributed by atoms with Gasteiger partial charge in [-0.15, -0.1) is 0 Å². The van der Waals surface area contributed by atoms with Crippen LogP contribution in [0.25, 0.3) is 0 Å². The molecule has 0 aliphatic carbocycles. The lowest BCUT2D eigenvalue weighted by Crippen LogP contribution is -2.35. The number of H-pyrrole nitrogens is 1. The number of hydrogen-bond acceptors (Lipinski definition) is 4. The Bertz CT molecular complexity index is 444. The Morgan fingerprint density at radius 2 is 2.25 bits per heavy atom. The summed E-state index contributed by atoms with van der Waals surface area (Å²) in [6.07, 6.45) is 0.737. The van der Waals surface area contributed by atoms with Gasteiger partial charge in [-0.1, -0.05) is 13.8 Å². The van der Waals surface area contributed by atoms with Gasteiger partial charge in [-0.3, -0.25) is 4.98 Å². The lowest BCUT2D eigenvalue weighted by Gasteiger charge is -2.18. The molecule has 1 rings (SSSR count). The van der Waals surface area contributed by atoms with E-state index in [2.05, 4.69) is 15.3 Å². The second kappa shape index (κ2) is 4.73. The molecule has 0 spiro atoms. The average molecular weight is 229 g/mol. The number of carbonyl (C=O) groups is 1. The lowest BCUT2D eigenvalue weighted by molar-refractivity contribution is -0.138. The Balaban J connectivity index is 2.97. The fourth-order valence-electron chi connectivity index (χ4n) is 1.15. The van der Waals surface area contributed by atoms with Gasteiger partial charge in [0.2, 0.25) is 0 Å². The van der Waals surface area contributed by atoms with Crippen molar-refractivity contribution in [1.82, 2.24) is 9.97 Å². The number of rotatable bonds is 4. The Morgan fingerprint density at radius 3 is 2.75 bits per heavy atom. The molecule has 6 nitrogen and oxygen atoms in total. The molecular formula is C9H12FN3O3. The minimum Gasteiger partial charge on any atom is -0.480 e. The third kappa shape index (κ3) is 2.78. The van der Waals surface area contributed by atoms with E-state index in [1.807, 2.05) is 0 Å². The second-order valence-electron chi connectivity index (χ2n) is 3.62. The van der Waals surface area contributed by atoms with E-state index < -0.39 is 23.5 Å². The maximum absolute atomic E-state index is 13.2. The van der Waals surface area contributed by atoms with Crippen molar-refractivity contribution in [3.8, 4) is 0 Å². The normalized spacial score (nSPS) is 12.5. The first-order chi connectivity index (χ1) is 7.41. The van der Waals surface area contributed by atoms with E-state index in [1.54, 1.807) is 13.8 Å². The zero-order valence-corrected chi connectivity index (χ0v) is 8.82. The summed E-state index contributed by atoms with van der Waals surface area (Å²) in [6, 6.07) is -0.979. The molecule has 88 valence electrons. The third-order valence-corrected chi connectivity index (χ3v) is 2.00. The van der Waals surface area contributed by atoms with Crippen molar-refractivity contribution in [2.45, 2.75) is 19.9 Å². The van der Waals surface area contributed by atoms with Crippen molar-refractivity contribution in [2.24, 2.45) is 5.92 Å². The minimum absolute atomic E-state index is 0.256. The number of carboxylic acid groups (broad SMARTS) is 1. The fourth-order valence-corrected chi connectivity index (χ4v) is 1.15. The first-order valence-electron chi connectivity index (χ1n) is 4.66. The van der Waals surface area contributed by atoms with Crippen LogP contribution in [-0.4, -0.2) is 27.1 Å². The first kappa shape index (κ1) is 12.2. The van der Waals surface area contributed by atoms with Crippen LogP contribution in [0.3, 0.4) is 0 Å². The average Bonchev–Trinajstić information content (AvgIpc) is 2.18. The van der Waals surface area contributed by atoms with Crippen LogP contribution in [0.2, 0.25) is 0 Å². The van der Waals surface area contributed by atoms with Crippen molar-refractivity contribution >= 4 is 11.8 Å². The van der Waals surface area contributed by atoms with E-state index in [-0.39, 0.29) is 11.7 Å². The van der Waals surface area contributed by atoms with Crippen LogP contribution >= 0.6 is 0 Å². The molecule has 0 radical (unpaired) electrons. The van der Waals surface area contributed by atoms with Gasteiger partial charge >= 0.3 is 11.7 Å². The molecule has 0 aromatic carbocycles. The van der Waals surface area contributed by atoms with Crippen LogP contribution in [0, 0.1) is 11.7 Å². The largest absolute Gasteiger partial charge is 0.480 e. The molecule has 0 saturated carbocycles. The van der Waals surface area contributed by atoms with Gasteiger partial charge in [0.1, 0.15) is 11.9 Å². The molecule has 0 fully saturated rings. The Kier molecular flexibility index (Phi) is 3.60. The van der Waals surface area contributed by atoms with Crippen molar-refractivity contribution in [1.29, 1.82) is 0 Å². The molecule has 1 heterocycles. The number of nitrogens with zero attached hydrogens (tertiary/aromatic N) is 1. The Morgan fingerprint density at radius 1 is 1.62 bits per heavy atom. The molecule has 0 aliphatic heterocycles. The molecule has 1 aromatic rings. The van der Waals surface area contributed by atoms with Crippen LogP contribution < -0.4 is 11.0 Å². The Hall–Kier alpha value is -1.92. The predicted octanol–water partition coefficient (Wildman–Crippen LogP) is 0.430. The molecule has 0 saturated heterocycles. The van der Waals surface area contributed by atoms with Crippen LogP contribution in [0.5, 0.6) is 0 Å². The SMILES string of the molecule is CC(C)[C@@H](Nc1[nH]c(=O)ncc1F)C(=O)O. The number of hydrogen-bond donors (Lipinski definition) is 3. The van der Waals surface area contributed by atoms with E-state index in [0.717, 1.165) is 6.20 Å². The van der Waals surface area contributed by atoms with E-state index in [0.29, 0.717) is 0 Å². The zero-order valence-electron chi connectivity index (χ0n) is 8.82. The molecule has 1 atom stereocenters. The molecule has 16 heavy (non-hydrogen) atoms.